The minimum Gasteiger partial charge on any atom is -0.353 e. The lowest BCUT2D eigenvalue weighted by Gasteiger charge is -1.98. The molecule has 0 fully saturated rings. The third-order valence-electron chi connectivity index (χ3n) is 3.31. The Morgan fingerprint density at radius 3 is 2.79 bits per heavy atom. The summed E-state index contributed by atoms with van der Waals surface area (Å²) in [6.45, 7) is 0. The highest BCUT2D eigenvalue weighted by Crippen LogP contribution is 2.33. The number of benzene rings is 2. The Morgan fingerprint density at radius 1 is 1.05 bits per heavy atom. The van der Waals surface area contributed by atoms with Crippen molar-refractivity contribution in [2.24, 2.45) is 0 Å². The molecule has 0 amide bonds. The Bertz CT molecular complexity index is 943. The molecule has 1 N–H and O–H groups in total. The van der Waals surface area contributed by atoms with Crippen LogP contribution in [-0.2, 0) is 0 Å². The van der Waals surface area contributed by atoms with Crippen LogP contribution in [0.4, 0.5) is 0 Å². The van der Waals surface area contributed by atoms with Gasteiger partial charge in [0, 0.05) is 20.8 Å². The Labute approximate surface area is 122 Å². The number of hydrogen-bond donors (Lipinski definition) is 1. The van der Waals surface area contributed by atoms with Crippen molar-refractivity contribution in [3.8, 4) is 0 Å². The molecule has 0 saturated carbocycles. The van der Waals surface area contributed by atoms with Gasteiger partial charge < -0.3 is 4.98 Å². The van der Waals surface area contributed by atoms with Crippen molar-refractivity contribution in [3.05, 3.63) is 52.0 Å². The van der Waals surface area contributed by atoms with Crippen LogP contribution in [0.5, 0.6) is 0 Å². The van der Waals surface area contributed by atoms with Gasteiger partial charge in [-0.3, -0.25) is 0 Å². The SMILES string of the molecule is Clc1cc2[nH]c3cc4ccccc4nc3c2cc1Br. The second-order valence-electron chi connectivity index (χ2n) is 4.51. The minimum absolute atomic E-state index is 0.698. The first-order valence-electron chi connectivity index (χ1n) is 5.88. The molecule has 0 radical (unpaired) electrons. The highest BCUT2D eigenvalue weighted by molar-refractivity contribution is 9.10. The summed E-state index contributed by atoms with van der Waals surface area (Å²) in [5.74, 6) is 0. The molecule has 2 nitrogen and oxygen atoms in total. The molecule has 0 aliphatic heterocycles. The van der Waals surface area contributed by atoms with Crippen molar-refractivity contribution in [3.63, 3.8) is 0 Å². The zero-order valence-corrected chi connectivity index (χ0v) is 12.1. The zero-order chi connectivity index (χ0) is 13.0. The summed E-state index contributed by atoms with van der Waals surface area (Å²) in [5, 5.41) is 2.91. The van der Waals surface area contributed by atoms with E-state index < -0.39 is 0 Å². The normalized spacial score (nSPS) is 11.7. The summed E-state index contributed by atoms with van der Waals surface area (Å²) in [4.78, 5) is 8.11. The Morgan fingerprint density at radius 2 is 1.89 bits per heavy atom. The van der Waals surface area contributed by atoms with Gasteiger partial charge in [0.2, 0.25) is 0 Å². The number of pyridine rings is 1. The van der Waals surface area contributed by atoms with Crippen LogP contribution < -0.4 is 0 Å². The van der Waals surface area contributed by atoms with E-state index in [4.69, 9.17) is 16.6 Å². The van der Waals surface area contributed by atoms with Gasteiger partial charge in [-0.05, 0) is 40.2 Å². The number of hydrogen-bond acceptors (Lipinski definition) is 1. The molecule has 0 atom stereocenters. The first-order chi connectivity index (χ1) is 9.22. The Balaban J connectivity index is 2.22. The maximum atomic E-state index is 6.13. The first kappa shape index (κ1) is 11.3. The van der Waals surface area contributed by atoms with E-state index in [0.29, 0.717) is 5.02 Å². The number of aromatic amines is 1. The second kappa shape index (κ2) is 3.95. The number of rotatable bonds is 0. The smallest absolute Gasteiger partial charge is 0.0965 e. The summed E-state index contributed by atoms with van der Waals surface area (Å²) in [6, 6.07) is 14.2. The molecule has 4 rings (SSSR count). The van der Waals surface area contributed by atoms with Crippen LogP contribution in [-0.4, -0.2) is 9.97 Å². The molecule has 2 aromatic carbocycles. The Hall–Kier alpha value is -1.58. The molecule has 4 aromatic rings. The van der Waals surface area contributed by atoms with Crippen LogP contribution >= 0.6 is 27.5 Å². The fourth-order valence-electron chi connectivity index (χ4n) is 2.41. The van der Waals surface area contributed by atoms with E-state index in [0.717, 1.165) is 37.3 Å². The summed E-state index contributed by atoms with van der Waals surface area (Å²) in [6.07, 6.45) is 0. The van der Waals surface area contributed by atoms with Crippen LogP contribution in [0.1, 0.15) is 0 Å². The standard InChI is InChI=1S/C15H8BrClN2/c16-10-6-9-13(7-11(10)17)18-14-5-8-3-1-2-4-12(8)19-15(9)14/h1-7,18H. The topological polar surface area (TPSA) is 28.7 Å². The summed E-state index contributed by atoms with van der Waals surface area (Å²) >= 11 is 9.60. The highest BCUT2D eigenvalue weighted by atomic mass is 79.9. The third-order valence-corrected chi connectivity index (χ3v) is 4.51. The fourth-order valence-corrected chi connectivity index (χ4v) is 2.91. The second-order valence-corrected chi connectivity index (χ2v) is 5.78. The molecule has 4 heteroatoms. The van der Waals surface area contributed by atoms with E-state index in [1.54, 1.807) is 0 Å². The van der Waals surface area contributed by atoms with E-state index in [2.05, 4.69) is 33.0 Å². The lowest BCUT2D eigenvalue weighted by molar-refractivity contribution is 1.49. The van der Waals surface area contributed by atoms with Gasteiger partial charge in [-0.15, -0.1) is 0 Å². The van der Waals surface area contributed by atoms with Gasteiger partial charge in [-0.1, -0.05) is 29.8 Å². The molecule has 0 aliphatic carbocycles. The maximum Gasteiger partial charge on any atom is 0.0965 e. The first-order valence-corrected chi connectivity index (χ1v) is 7.06. The Kier molecular flexibility index (Phi) is 2.34. The highest BCUT2D eigenvalue weighted by Gasteiger charge is 2.09. The van der Waals surface area contributed by atoms with Gasteiger partial charge in [-0.2, -0.15) is 0 Å². The predicted octanol–water partition coefficient (Wildman–Crippen LogP) is 5.29. The van der Waals surface area contributed by atoms with E-state index in [9.17, 15) is 0 Å². The quantitative estimate of drug-likeness (QED) is 0.466. The van der Waals surface area contributed by atoms with E-state index in [-0.39, 0.29) is 0 Å². The molecule has 0 spiro atoms. The average Bonchev–Trinajstić information content (AvgIpc) is 2.74. The summed E-state index contributed by atoms with van der Waals surface area (Å²) in [7, 11) is 0. The molecule has 0 saturated heterocycles. The van der Waals surface area contributed by atoms with Crippen LogP contribution in [0, 0.1) is 0 Å². The van der Waals surface area contributed by atoms with Crippen molar-refractivity contribution < 1.29 is 0 Å². The molecule has 92 valence electrons. The van der Waals surface area contributed by atoms with Crippen LogP contribution in [0.15, 0.2) is 46.9 Å². The van der Waals surface area contributed by atoms with E-state index in [1.165, 1.54) is 0 Å². The van der Waals surface area contributed by atoms with Crippen molar-refractivity contribution in [2.45, 2.75) is 0 Å². The number of nitrogens with one attached hydrogen (secondary N) is 1. The number of H-pyrrole nitrogens is 1. The number of para-hydroxylation sites is 1. The van der Waals surface area contributed by atoms with Crippen LogP contribution in [0.2, 0.25) is 5.02 Å². The molecule has 0 aliphatic rings. The van der Waals surface area contributed by atoms with E-state index >= 15 is 0 Å². The molecular weight excluding hydrogens is 324 g/mol. The monoisotopic (exact) mass is 330 g/mol. The van der Waals surface area contributed by atoms with Crippen molar-refractivity contribution >= 4 is 60.4 Å². The lowest BCUT2D eigenvalue weighted by atomic mass is 10.2. The van der Waals surface area contributed by atoms with Gasteiger partial charge in [-0.25, -0.2) is 4.98 Å². The van der Waals surface area contributed by atoms with Crippen LogP contribution in [0.3, 0.4) is 0 Å². The molecular formula is C15H8BrClN2. The molecule has 2 heterocycles. The molecule has 19 heavy (non-hydrogen) atoms. The molecule has 2 aromatic heterocycles. The van der Waals surface area contributed by atoms with Crippen molar-refractivity contribution in [1.29, 1.82) is 0 Å². The van der Waals surface area contributed by atoms with Gasteiger partial charge in [0.1, 0.15) is 0 Å². The van der Waals surface area contributed by atoms with Crippen molar-refractivity contribution in [1.82, 2.24) is 9.97 Å². The minimum atomic E-state index is 0.698. The average molecular weight is 332 g/mol. The van der Waals surface area contributed by atoms with Crippen LogP contribution in [0.25, 0.3) is 32.8 Å². The largest absolute Gasteiger partial charge is 0.353 e. The number of aromatic nitrogens is 2. The number of fused-ring (bicyclic) bond motifs is 4. The van der Waals surface area contributed by atoms with Gasteiger partial charge in [0.15, 0.2) is 0 Å². The van der Waals surface area contributed by atoms with E-state index in [1.807, 2.05) is 30.3 Å². The number of nitrogens with zero attached hydrogens (tertiary/aromatic N) is 1. The lowest BCUT2D eigenvalue weighted by Crippen LogP contribution is -1.79. The van der Waals surface area contributed by atoms with Crippen molar-refractivity contribution in [2.75, 3.05) is 0 Å². The third kappa shape index (κ3) is 1.66. The predicted molar refractivity (Wildman–Crippen MR) is 83.8 cm³/mol. The molecule has 0 unspecified atom stereocenters. The summed E-state index contributed by atoms with van der Waals surface area (Å²) < 4.78 is 0.887. The van der Waals surface area contributed by atoms with Gasteiger partial charge in [0.25, 0.3) is 0 Å². The zero-order valence-electron chi connectivity index (χ0n) is 9.74. The summed E-state index contributed by atoms with van der Waals surface area (Å²) in [5.41, 5.74) is 4.02. The fraction of sp³-hybridized carbons (Fsp3) is 0. The number of halogens is 2. The molecule has 0 bridgehead atoms. The van der Waals surface area contributed by atoms with Gasteiger partial charge in [0.05, 0.1) is 21.6 Å². The van der Waals surface area contributed by atoms with Gasteiger partial charge >= 0.3 is 0 Å². The maximum absolute atomic E-state index is 6.13.